The molecule has 0 saturated carbocycles. The molecule has 0 aliphatic rings. The van der Waals surface area contributed by atoms with E-state index in [9.17, 15) is 9.59 Å². The van der Waals surface area contributed by atoms with Crippen LogP contribution in [0, 0.1) is 0 Å². The van der Waals surface area contributed by atoms with Gasteiger partial charge in [-0.1, -0.05) is 66.7 Å². The Bertz CT molecular complexity index is 1150. The van der Waals surface area contributed by atoms with Crippen molar-refractivity contribution >= 4 is 33.7 Å². The van der Waals surface area contributed by atoms with Crippen LogP contribution in [-0.2, 0) is 25.7 Å². The summed E-state index contributed by atoms with van der Waals surface area (Å²) in [5, 5.41) is 10.9. The Hall–Kier alpha value is -3.64. The molecule has 1 heterocycles. The van der Waals surface area contributed by atoms with Crippen molar-refractivity contribution in [3.05, 3.63) is 84.4 Å². The molecular formula is C25H23NO5. The highest BCUT2D eigenvalue weighted by atomic mass is 16.5. The van der Waals surface area contributed by atoms with Crippen molar-refractivity contribution in [3.63, 3.8) is 0 Å². The first kappa shape index (κ1) is 20.6. The van der Waals surface area contributed by atoms with Gasteiger partial charge in [0, 0.05) is 21.8 Å². The zero-order valence-corrected chi connectivity index (χ0v) is 16.9. The van der Waals surface area contributed by atoms with Gasteiger partial charge in [-0.2, -0.15) is 0 Å². The molecule has 6 nitrogen and oxygen atoms in total. The zero-order valence-electron chi connectivity index (χ0n) is 16.9. The predicted octanol–water partition coefficient (Wildman–Crippen LogP) is 4.00. The summed E-state index contributed by atoms with van der Waals surface area (Å²) in [4.78, 5) is 25.6. The highest BCUT2D eigenvalue weighted by molar-refractivity contribution is 6.09. The molecular weight excluding hydrogens is 394 g/mol. The molecule has 0 radical (unpaired) electrons. The molecule has 1 N–H and O–H groups in total. The lowest BCUT2D eigenvalue weighted by Gasteiger charge is -2.20. The summed E-state index contributed by atoms with van der Waals surface area (Å²) in [6.07, 6.45) is -0.198. The van der Waals surface area contributed by atoms with Crippen LogP contribution in [0.25, 0.3) is 21.8 Å². The molecule has 0 aliphatic heterocycles. The molecule has 1 unspecified atom stereocenters. The SMILES string of the molecule is O=C(CC(C(=O)OCc1ccccc1)n1c2ccccc2c2ccccc21)OCCO. The maximum Gasteiger partial charge on any atom is 0.330 e. The molecule has 31 heavy (non-hydrogen) atoms. The van der Waals surface area contributed by atoms with Gasteiger partial charge in [0.2, 0.25) is 0 Å². The number of fused-ring (bicyclic) bond motifs is 3. The fraction of sp³-hybridized carbons (Fsp3) is 0.200. The molecule has 6 heteroatoms. The van der Waals surface area contributed by atoms with Crippen LogP contribution in [0.4, 0.5) is 0 Å². The minimum atomic E-state index is -0.903. The van der Waals surface area contributed by atoms with Crippen molar-refractivity contribution in [3.8, 4) is 0 Å². The number of hydrogen-bond donors (Lipinski definition) is 1. The predicted molar refractivity (Wildman–Crippen MR) is 117 cm³/mol. The first-order valence-corrected chi connectivity index (χ1v) is 10.1. The Morgan fingerprint density at radius 2 is 1.39 bits per heavy atom. The van der Waals surface area contributed by atoms with Gasteiger partial charge >= 0.3 is 11.9 Å². The Morgan fingerprint density at radius 1 is 0.806 bits per heavy atom. The number of nitrogens with zero attached hydrogens (tertiary/aromatic N) is 1. The molecule has 3 aromatic carbocycles. The molecule has 0 fully saturated rings. The van der Waals surface area contributed by atoms with Crippen LogP contribution in [0.1, 0.15) is 18.0 Å². The van der Waals surface area contributed by atoms with Gasteiger partial charge < -0.3 is 19.1 Å². The van der Waals surface area contributed by atoms with Crippen LogP contribution in [0.2, 0.25) is 0 Å². The Kier molecular flexibility index (Phi) is 6.29. The normalized spacial score (nSPS) is 12.0. The van der Waals surface area contributed by atoms with Crippen molar-refractivity contribution in [2.45, 2.75) is 19.1 Å². The maximum atomic E-state index is 13.2. The van der Waals surface area contributed by atoms with Gasteiger partial charge in [-0.25, -0.2) is 4.79 Å². The standard InChI is InChI=1S/C25H23NO5/c27-14-15-30-24(28)16-23(25(29)31-17-18-8-2-1-3-9-18)26-21-12-6-4-10-19(21)20-11-5-7-13-22(20)26/h1-13,23,27H,14-17H2. The molecule has 158 valence electrons. The lowest BCUT2D eigenvalue weighted by molar-refractivity contribution is -0.155. The summed E-state index contributed by atoms with van der Waals surface area (Å²) in [6, 6.07) is 24.0. The molecule has 4 rings (SSSR count). The van der Waals surface area contributed by atoms with Gasteiger partial charge in [0.15, 0.2) is 0 Å². The van der Waals surface area contributed by atoms with E-state index in [4.69, 9.17) is 14.6 Å². The summed E-state index contributed by atoms with van der Waals surface area (Å²) in [5.41, 5.74) is 2.53. The van der Waals surface area contributed by atoms with Crippen LogP contribution in [-0.4, -0.2) is 34.8 Å². The molecule has 1 atom stereocenters. The number of hydrogen-bond acceptors (Lipinski definition) is 5. The van der Waals surface area contributed by atoms with Gasteiger partial charge in [0.05, 0.1) is 13.0 Å². The van der Waals surface area contributed by atoms with E-state index in [1.807, 2.05) is 83.4 Å². The molecule has 0 amide bonds. The minimum absolute atomic E-state index is 0.110. The third kappa shape index (κ3) is 4.44. The maximum absolute atomic E-state index is 13.2. The number of carbonyl (C=O) groups is 2. The quantitative estimate of drug-likeness (QED) is 0.439. The van der Waals surface area contributed by atoms with Gasteiger partial charge in [-0.05, 0) is 17.7 Å². The van der Waals surface area contributed by atoms with E-state index in [-0.39, 0.29) is 26.2 Å². The second-order valence-electron chi connectivity index (χ2n) is 7.16. The molecule has 1 aromatic heterocycles. The Labute approximate surface area is 179 Å². The lowest BCUT2D eigenvalue weighted by atomic mass is 10.2. The van der Waals surface area contributed by atoms with Gasteiger partial charge in [0.25, 0.3) is 0 Å². The fourth-order valence-electron chi connectivity index (χ4n) is 3.77. The van der Waals surface area contributed by atoms with Gasteiger partial charge in [-0.3, -0.25) is 4.79 Å². The summed E-state index contributed by atoms with van der Waals surface area (Å²) in [5.74, 6) is -1.09. The topological polar surface area (TPSA) is 77.8 Å². The number of rotatable bonds is 8. The van der Waals surface area contributed by atoms with Crippen molar-refractivity contribution in [1.82, 2.24) is 4.57 Å². The number of ether oxygens (including phenoxy) is 2. The van der Waals surface area contributed by atoms with Crippen molar-refractivity contribution in [2.24, 2.45) is 0 Å². The molecule has 0 aliphatic carbocycles. The van der Waals surface area contributed by atoms with Gasteiger partial charge in [-0.15, -0.1) is 0 Å². The summed E-state index contributed by atoms with van der Waals surface area (Å²) in [7, 11) is 0. The van der Waals surface area contributed by atoms with Gasteiger partial charge in [0.1, 0.15) is 19.3 Å². The highest BCUT2D eigenvalue weighted by Gasteiger charge is 2.29. The van der Waals surface area contributed by atoms with Crippen LogP contribution >= 0.6 is 0 Å². The Balaban J connectivity index is 1.73. The summed E-state index contributed by atoms with van der Waals surface area (Å²) < 4.78 is 12.5. The number of benzene rings is 3. The zero-order chi connectivity index (χ0) is 21.6. The number of carbonyl (C=O) groups excluding carboxylic acids is 2. The number of aromatic nitrogens is 1. The van der Waals surface area contributed by atoms with E-state index in [2.05, 4.69) is 0 Å². The van der Waals surface area contributed by atoms with Crippen molar-refractivity contribution < 1.29 is 24.2 Å². The highest BCUT2D eigenvalue weighted by Crippen LogP contribution is 2.33. The first-order chi connectivity index (χ1) is 15.2. The monoisotopic (exact) mass is 417 g/mol. The number of esters is 2. The summed E-state index contributed by atoms with van der Waals surface area (Å²) >= 11 is 0. The number of aliphatic hydroxyl groups excluding tert-OH is 1. The van der Waals surface area contributed by atoms with E-state index in [0.717, 1.165) is 27.4 Å². The number of para-hydroxylation sites is 2. The van der Waals surface area contributed by atoms with E-state index >= 15 is 0 Å². The van der Waals surface area contributed by atoms with Crippen LogP contribution in [0.3, 0.4) is 0 Å². The average Bonchev–Trinajstić information content (AvgIpc) is 3.14. The third-order valence-corrected chi connectivity index (χ3v) is 5.14. The first-order valence-electron chi connectivity index (χ1n) is 10.1. The lowest BCUT2D eigenvalue weighted by Crippen LogP contribution is -2.26. The van der Waals surface area contributed by atoms with E-state index < -0.39 is 18.0 Å². The largest absolute Gasteiger partial charge is 0.463 e. The minimum Gasteiger partial charge on any atom is -0.463 e. The van der Waals surface area contributed by atoms with Crippen LogP contribution in [0.15, 0.2) is 78.9 Å². The molecule has 4 aromatic rings. The smallest absolute Gasteiger partial charge is 0.330 e. The number of aliphatic hydroxyl groups is 1. The second kappa shape index (κ2) is 9.45. The second-order valence-corrected chi connectivity index (χ2v) is 7.16. The molecule has 0 saturated heterocycles. The molecule has 0 bridgehead atoms. The van der Waals surface area contributed by atoms with E-state index in [1.54, 1.807) is 0 Å². The Morgan fingerprint density at radius 3 is 2.00 bits per heavy atom. The van der Waals surface area contributed by atoms with Crippen LogP contribution in [0.5, 0.6) is 0 Å². The van der Waals surface area contributed by atoms with E-state index in [1.165, 1.54) is 0 Å². The third-order valence-electron chi connectivity index (χ3n) is 5.14. The van der Waals surface area contributed by atoms with Crippen molar-refractivity contribution in [2.75, 3.05) is 13.2 Å². The van der Waals surface area contributed by atoms with E-state index in [0.29, 0.717) is 0 Å². The fourth-order valence-corrected chi connectivity index (χ4v) is 3.77. The van der Waals surface area contributed by atoms with Crippen molar-refractivity contribution in [1.29, 1.82) is 0 Å². The molecule has 0 spiro atoms. The summed E-state index contributed by atoms with van der Waals surface area (Å²) in [6.45, 7) is -0.277. The average molecular weight is 417 g/mol. The van der Waals surface area contributed by atoms with Crippen LogP contribution < -0.4 is 0 Å².